The van der Waals surface area contributed by atoms with Crippen molar-refractivity contribution in [1.29, 1.82) is 0 Å². The third kappa shape index (κ3) is 2.28. The molecule has 98 valence electrons. The number of carboxylic acid groups (broad SMARTS) is 2. The number of halogens is 2. The van der Waals surface area contributed by atoms with Gasteiger partial charge in [0.1, 0.15) is 22.9 Å². The van der Waals surface area contributed by atoms with Gasteiger partial charge in [-0.05, 0) is 12.1 Å². The maximum Gasteiger partial charge on any atom is 0.374 e. The molecule has 1 heterocycles. The van der Waals surface area contributed by atoms with E-state index in [1.165, 1.54) is 0 Å². The van der Waals surface area contributed by atoms with Gasteiger partial charge in [0.25, 0.3) is 0 Å². The lowest BCUT2D eigenvalue weighted by atomic mass is 10.1. The smallest absolute Gasteiger partial charge is 0.374 e. The second-order valence-corrected chi connectivity index (χ2v) is 3.50. The van der Waals surface area contributed by atoms with Crippen molar-refractivity contribution >= 4 is 11.9 Å². The first-order chi connectivity index (χ1) is 8.90. The molecule has 0 fully saturated rings. The molecule has 0 aliphatic heterocycles. The van der Waals surface area contributed by atoms with E-state index >= 15 is 0 Å². The fraction of sp³-hybridized carbons (Fsp3) is 0. The third-order valence-electron chi connectivity index (χ3n) is 2.27. The predicted molar refractivity (Wildman–Crippen MR) is 55.8 cm³/mol. The molecule has 0 spiro atoms. The van der Waals surface area contributed by atoms with Crippen LogP contribution in [0.1, 0.15) is 20.9 Å². The van der Waals surface area contributed by atoms with Gasteiger partial charge in [0.05, 0.1) is 0 Å². The van der Waals surface area contributed by atoms with Crippen LogP contribution in [0.25, 0.3) is 11.3 Å². The minimum Gasteiger partial charge on any atom is -0.477 e. The van der Waals surface area contributed by atoms with E-state index in [-0.39, 0.29) is 11.3 Å². The highest BCUT2D eigenvalue weighted by Crippen LogP contribution is 2.24. The molecule has 1 aromatic carbocycles. The Bertz CT molecular complexity index is 656. The number of carbonyl (C=O) groups is 2. The van der Waals surface area contributed by atoms with Crippen molar-refractivity contribution in [3.63, 3.8) is 0 Å². The van der Waals surface area contributed by atoms with E-state index in [1.54, 1.807) is 0 Å². The summed E-state index contributed by atoms with van der Waals surface area (Å²) in [6, 6.07) is 2.43. The van der Waals surface area contributed by atoms with Crippen LogP contribution in [-0.4, -0.2) is 27.3 Å². The molecule has 0 amide bonds. The van der Waals surface area contributed by atoms with Crippen LogP contribution in [0.2, 0.25) is 0 Å². The second-order valence-electron chi connectivity index (χ2n) is 3.50. The second kappa shape index (κ2) is 4.48. The van der Waals surface area contributed by atoms with Crippen LogP contribution in [-0.2, 0) is 0 Å². The van der Waals surface area contributed by atoms with Gasteiger partial charge in [-0.2, -0.15) is 0 Å². The minimum absolute atomic E-state index is 0.118. The van der Waals surface area contributed by atoms with Crippen LogP contribution < -0.4 is 0 Å². The Morgan fingerprint density at radius 2 is 1.63 bits per heavy atom. The first-order valence-corrected chi connectivity index (χ1v) is 4.83. The molecule has 0 atom stereocenters. The van der Waals surface area contributed by atoms with Crippen molar-refractivity contribution in [3.05, 3.63) is 41.2 Å². The van der Waals surface area contributed by atoms with Crippen molar-refractivity contribution < 1.29 is 33.1 Å². The van der Waals surface area contributed by atoms with Gasteiger partial charge in [-0.25, -0.2) is 18.4 Å². The first kappa shape index (κ1) is 12.7. The van der Waals surface area contributed by atoms with Gasteiger partial charge < -0.3 is 14.7 Å². The van der Waals surface area contributed by atoms with E-state index < -0.39 is 34.9 Å². The third-order valence-corrected chi connectivity index (χ3v) is 2.27. The molecule has 0 aliphatic rings. The Balaban J connectivity index is 2.51. The number of aromatic nitrogens is 1. The fourth-order valence-electron chi connectivity index (χ4n) is 1.44. The molecule has 0 radical (unpaired) electrons. The molecule has 0 bridgehead atoms. The van der Waals surface area contributed by atoms with Gasteiger partial charge in [0.2, 0.25) is 5.76 Å². The molecule has 6 nitrogen and oxygen atoms in total. The number of hydrogen-bond acceptors (Lipinski definition) is 4. The Labute approximate surface area is 103 Å². The molecule has 19 heavy (non-hydrogen) atoms. The average molecular weight is 269 g/mol. The zero-order chi connectivity index (χ0) is 14.2. The number of carboxylic acids is 2. The van der Waals surface area contributed by atoms with E-state index in [2.05, 4.69) is 9.68 Å². The molecule has 2 rings (SSSR count). The number of hydrogen-bond donors (Lipinski definition) is 2. The van der Waals surface area contributed by atoms with Gasteiger partial charge in [-0.15, -0.1) is 0 Å². The molecular weight excluding hydrogens is 264 g/mol. The summed E-state index contributed by atoms with van der Waals surface area (Å²) in [5, 5.41) is 20.5. The van der Waals surface area contributed by atoms with Crippen LogP contribution in [0.3, 0.4) is 0 Å². The van der Waals surface area contributed by atoms with Crippen molar-refractivity contribution in [2.45, 2.75) is 0 Å². The summed E-state index contributed by atoms with van der Waals surface area (Å²) in [5.41, 5.74) is -1.34. The number of aromatic carboxylic acids is 2. The Morgan fingerprint density at radius 3 is 2.05 bits per heavy atom. The van der Waals surface area contributed by atoms with Gasteiger partial charge in [0, 0.05) is 11.6 Å². The van der Waals surface area contributed by atoms with Crippen LogP contribution in [0.4, 0.5) is 8.78 Å². The standard InChI is InChI=1S/C11H5F2NO5/c12-5-1-4(2-6(13)9(5)11(17)18)7-3-8(10(15)16)19-14-7/h1-3H,(H,15,16)(H,17,18). The van der Waals surface area contributed by atoms with E-state index in [9.17, 15) is 18.4 Å². The predicted octanol–water partition coefficient (Wildman–Crippen LogP) is 2.02. The van der Waals surface area contributed by atoms with Crippen LogP contribution >= 0.6 is 0 Å². The Hall–Kier alpha value is -2.77. The summed E-state index contributed by atoms with van der Waals surface area (Å²) in [6.07, 6.45) is 0. The minimum atomic E-state index is -1.74. The van der Waals surface area contributed by atoms with Crippen molar-refractivity contribution in [1.82, 2.24) is 5.16 Å². The molecule has 2 aromatic rings. The Kier molecular flexibility index (Phi) is 2.99. The van der Waals surface area contributed by atoms with Crippen LogP contribution in [0, 0.1) is 11.6 Å². The van der Waals surface area contributed by atoms with E-state index in [0.29, 0.717) is 0 Å². The SMILES string of the molecule is O=C(O)c1cc(-c2cc(F)c(C(=O)O)c(F)c2)no1. The number of benzene rings is 1. The molecule has 0 saturated heterocycles. The number of nitrogens with zero attached hydrogens (tertiary/aromatic N) is 1. The van der Waals surface area contributed by atoms with Crippen molar-refractivity contribution in [2.75, 3.05) is 0 Å². The zero-order valence-electron chi connectivity index (χ0n) is 9.05. The summed E-state index contributed by atoms with van der Waals surface area (Å²) in [7, 11) is 0. The average Bonchev–Trinajstić information content (AvgIpc) is 2.76. The van der Waals surface area contributed by atoms with E-state index in [1.807, 2.05) is 0 Å². The maximum atomic E-state index is 13.4. The van der Waals surface area contributed by atoms with Gasteiger partial charge in [-0.3, -0.25) is 0 Å². The lowest BCUT2D eigenvalue weighted by molar-refractivity contribution is 0.0649. The highest BCUT2D eigenvalue weighted by atomic mass is 19.1. The summed E-state index contributed by atoms with van der Waals surface area (Å²) < 4.78 is 31.3. The molecule has 0 saturated carbocycles. The Morgan fingerprint density at radius 1 is 1.05 bits per heavy atom. The first-order valence-electron chi connectivity index (χ1n) is 4.83. The fourth-order valence-corrected chi connectivity index (χ4v) is 1.44. The van der Waals surface area contributed by atoms with Crippen LogP contribution in [0.5, 0.6) is 0 Å². The number of rotatable bonds is 3. The molecule has 1 aromatic heterocycles. The van der Waals surface area contributed by atoms with E-state index in [0.717, 1.165) is 18.2 Å². The maximum absolute atomic E-state index is 13.4. The normalized spacial score (nSPS) is 10.4. The summed E-state index contributed by atoms with van der Waals surface area (Å²) in [4.78, 5) is 21.2. The van der Waals surface area contributed by atoms with Gasteiger partial charge in [-0.1, -0.05) is 5.16 Å². The molecule has 0 unspecified atom stereocenters. The summed E-state index contributed by atoms with van der Waals surface area (Å²) in [5.74, 6) is -6.21. The highest BCUT2D eigenvalue weighted by Gasteiger charge is 2.20. The quantitative estimate of drug-likeness (QED) is 0.883. The summed E-state index contributed by atoms with van der Waals surface area (Å²) in [6.45, 7) is 0. The zero-order valence-corrected chi connectivity index (χ0v) is 9.05. The van der Waals surface area contributed by atoms with Crippen molar-refractivity contribution in [2.24, 2.45) is 0 Å². The van der Waals surface area contributed by atoms with E-state index in [4.69, 9.17) is 10.2 Å². The summed E-state index contributed by atoms with van der Waals surface area (Å²) >= 11 is 0. The van der Waals surface area contributed by atoms with Crippen molar-refractivity contribution in [3.8, 4) is 11.3 Å². The lowest BCUT2D eigenvalue weighted by Crippen LogP contribution is -2.04. The van der Waals surface area contributed by atoms with Gasteiger partial charge in [0.15, 0.2) is 0 Å². The molecular formula is C11H5F2NO5. The largest absolute Gasteiger partial charge is 0.477 e. The lowest BCUT2D eigenvalue weighted by Gasteiger charge is -2.02. The monoisotopic (exact) mass is 269 g/mol. The molecule has 8 heteroatoms. The molecule has 0 aliphatic carbocycles. The highest BCUT2D eigenvalue weighted by molar-refractivity contribution is 5.89. The van der Waals surface area contributed by atoms with Gasteiger partial charge >= 0.3 is 11.9 Å². The topological polar surface area (TPSA) is 101 Å². The molecule has 2 N–H and O–H groups in total. The van der Waals surface area contributed by atoms with Crippen LogP contribution in [0.15, 0.2) is 22.7 Å².